The summed E-state index contributed by atoms with van der Waals surface area (Å²) in [6, 6.07) is 0. The van der Waals surface area contributed by atoms with Crippen LogP contribution in [0.5, 0.6) is 0 Å². The summed E-state index contributed by atoms with van der Waals surface area (Å²) >= 11 is 0. The third-order valence-corrected chi connectivity index (χ3v) is 7.49. The van der Waals surface area contributed by atoms with E-state index in [1.807, 2.05) is 53.0 Å². The molecule has 0 aliphatic carbocycles. The number of nitrogens with one attached hydrogen (secondary N) is 2. The summed E-state index contributed by atoms with van der Waals surface area (Å²) in [5, 5.41) is 19.5. The van der Waals surface area contributed by atoms with Crippen LogP contribution in [0.1, 0.15) is 123 Å². The van der Waals surface area contributed by atoms with Crippen LogP contribution in [-0.4, -0.2) is 47.1 Å². The minimum Gasteiger partial charge on any atom is -0.483 e. The summed E-state index contributed by atoms with van der Waals surface area (Å²) in [6.07, 6.45) is 26.6. The van der Waals surface area contributed by atoms with E-state index in [0.717, 1.165) is 81.3 Å². The van der Waals surface area contributed by atoms with E-state index in [1.54, 1.807) is 0 Å². The summed E-state index contributed by atoms with van der Waals surface area (Å²) < 4.78 is 0. The van der Waals surface area contributed by atoms with Crippen molar-refractivity contribution in [2.45, 2.75) is 107 Å². The number of fused-ring (bicyclic) bond motifs is 2. The lowest BCUT2D eigenvalue weighted by atomic mass is 9.96. The van der Waals surface area contributed by atoms with Crippen molar-refractivity contribution in [1.29, 1.82) is 0 Å². The standard InChI is InChI=1S/C36H48N4O2.2C2H6.C2H2.CH2O2/c1-10-16-31-24(5)17-14-18-27(11-2)25(6)32(37-8)23-35-30(13-4)26(7)33(40-35)21-28(12-3)39-29(22-34(31)38-9)19-15-20-36(41)42;3*1-2;2-1-3/h11,13-14,18,21-23,37,40H,2,4,9-10,12,15-17,19-20H2,1,3,5-8H3,(H,41,42);2*1-2H3;1-2H;1H,(H,2,3)/b18-14+,27-25-,28-21-,31-24-,32-23-,34-22-,39-29+;;;;. The third kappa shape index (κ3) is 17.9. The van der Waals surface area contributed by atoms with Crippen molar-refractivity contribution in [3.63, 3.8) is 0 Å². The molecule has 0 fully saturated rings. The van der Waals surface area contributed by atoms with Gasteiger partial charge in [0.15, 0.2) is 0 Å². The van der Waals surface area contributed by atoms with E-state index in [1.165, 1.54) is 5.57 Å². The number of hydrogen-bond acceptors (Lipinski definition) is 5. The zero-order chi connectivity index (χ0) is 39.9. The van der Waals surface area contributed by atoms with Crippen molar-refractivity contribution >= 4 is 43.1 Å². The summed E-state index contributed by atoms with van der Waals surface area (Å²) in [6.45, 7) is 30.3. The quantitative estimate of drug-likeness (QED) is 0.104. The molecule has 4 N–H and O–H groups in total. The summed E-state index contributed by atoms with van der Waals surface area (Å²) in [5.74, 6) is -0.814. The molecule has 8 nitrogen and oxygen atoms in total. The number of carboxylic acid groups (broad SMARTS) is 2. The van der Waals surface area contributed by atoms with Crippen LogP contribution in [0.4, 0.5) is 0 Å². The number of likely N-dealkylation sites (N-methyl/N-ethyl adjacent to an activating group) is 1. The molecule has 0 unspecified atom stereocenters. The van der Waals surface area contributed by atoms with Crippen molar-refractivity contribution in [2.24, 2.45) is 9.98 Å². The van der Waals surface area contributed by atoms with Gasteiger partial charge >= 0.3 is 5.97 Å². The highest BCUT2D eigenvalue weighted by atomic mass is 16.4. The molecule has 0 spiro atoms. The minimum atomic E-state index is -0.814. The summed E-state index contributed by atoms with van der Waals surface area (Å²) in [4.78, 5) is 32.7. The van der Waals surface area contributed by atoms with Gasteiger partial charge in [0.2, 0.25) is 0 Å². The molecule has 0 amide bonds. The van der Waals surface area contributed by atoms with E-state index in [0.29, 0.717) is 19.3 Å². The van der Waals surface area contributed by atoms with Crippen LogP contribution >= 0.6 is 0 Å². The van der Waals surface area contributed by atoms with Gasteiger partial charge in [-0.15, -0.1) is 12.8 Å². The number of aromatic nitrogens is 1. The van der Waals surface area contributed by atoms with Gasteiger partial charge < -0.3 is 20.5 Å². The highest BCUT2D eigenvalue weighted by molar-refractivity contribution is 5.97. The van der Waals surface area contributed by atoms with E-state index in [-0.39, 0.29) is 12.9 Å². The van der Waals surface area contributed by atoms with Gasteiger partial charge in [0, 0.05) is 47.5 Å². The second kappa shape index (κ2) is 30.9. The van der Waals surface area contributed by atoms with Gasteiger partial charge in [0.05, 0.1) is 5.70 Å². The molecule has 0 saturated carbocycles. The molecule has 2 heterocycles. The number of aromatic amines is 1. The van der Waals surface area contributed by atoms with Gasteiger partial charge in [-0.2, -0.15) is 0 Å². The Morgan fingerprint density at radius 2 is 1.65 bits per heavy atom. The number of carboxylic acids is 1. The van der Waals surface area contributed by atoms with Crippen LogP contribution in [0.15, 0.2) is 86.8 Å². The van der Waals surface area contributed by atoms with Gasteiger partial charge in [-0.1, -0.05) is 91.0 Å². The fourth-order valence-corrected chi connectivity index (χ4v) is 5.02. The van der Waals surface area contributed by atoms with Crippen molar-refractivity contribution in [1.82, 2.24) is 10.3 Å². The fourth-order valence-electron chi connectivity index (χ4n) is 5.02. The molecule has 0 aromatic carbocycles. The lowest BCUT2D eigenvalue weighted by Gasteiger charge is -2.13. The third-order valence-electron chi connectivity index (χ3n) is 7.49. The van der Waals surface area contributed by atoms with E-state index >= 15 is 0 Å². The Kier molecular flexibility index (Phi) is 30.4. The highest BCUT2D eigenvalue weighted by Crippen LogP contribution is 2.28. The Labute approximate surface area is 309 Å². The van der Waals surface area contributed by atoms with E-state index in [2.05, 4.69) is 107 Å². The van der Waals surface area contributed by atoms with Crippen molar-refractivity contribution in [2.75, 3.05) is 7.05 Å². The SMILES string of the molecule is C#C.C=CC1=C(C)/C(NC)=C/c2[nH]c(c(C)c2C=C)\C=C(CC)/N=C(CCCC(=O)O)/C=C(N=C)/C(CCC)=C(/C)C\C=C\1.CC.CC.O=CO. The molecule has 1 aliphatic heterocycles. The second-order valence-corrected chi connectivity index (χ2v) is 10.5. The molecule has 280 valence electrons. The van der Waals surface area contributed by atoms with Crippen LogP contribution in [0, 0.1) is 19.8 Å². The number of hydrogen-bond donors (Lipinski definition) is 4. The molecule has 8 heteroatoms. The topological polar surface area (TPSA) is 127 Å². The monoisotopic (exact) mass is 700 g/mol. The average Bonchev–Trinajstić information content (AvgIpc) is 3.44. The Hall–Kier alpha value is -5.16. The molecular weight excluding hydrogens is 636 g/mol. The van der Waals surface area contributed by atoms with Crippen LogP contribution in [0.3, 0.4) is 0 Å². The number of rotatable bonds is 11. The number of aliphatic imine (C=N–C) groups is 2. The highest BCUT2D eigenvalue weighted by Gasteiger charge is 2.14. The molecular formula is C43H64N4O4. The molecule has 2 bridgehead atoms. The summed E-state index contributed by atoms with van der Waals surface area (Å²) in [5.41, 5.74) is 11.9. The number of nitrogens with zero attached hydrogens (tertiary/aromatic N) is 2. The number of aliphatic carboxylic acids is 1. The van der Waals surface area contributed by atoms with E-state index in [4.69, 9.17) is 14.9 Å². The first kappa shape index (κ1) is 50.2. The van der Waals surface area contributed by atoms with Gasteiger partial charge in [-0.05, 0) is 100 Å². The fraction of sp³-hybridized carbons (Fsp3) is 0.395. The van der Waals surface area contributed by atoms with E-state index in [9.17, 15) is 9.90 Å². The van der Waals surface area contributed by atoms with Crippen LogP contribution in [0.25, 0.3) is 18.2 Å². The maximum absolute atomic E-state index is 11.3. The predicted molar refractivity (Wildman–Crippen MR) is 223 cm³/mol. The molecule has 2 rings (SSSR count). The van der Waals surface area contributed by atoms with Crippen LogP contribution in [-0.2, 0) is 9.59 Å². The Morgan fingerprint density at radius 3 is 2.12 bits per heavy atom. The number of H-pyrrole nitrogens is 1. The minimum absolute atomic E-state index is 0.0802. The predicted octanol–water partition coefficient (Wildman–Crippen LogP) is 11.1. The second-order valence-electron chi connectivity index (χ2n) is 10.5. The summed E-state index contributed by atoms with van der Waals surface area (Å²) in [7, 11) is 1.92. The molecule has 1 aromatic heterocycles. The first-order valence-corrected chi connectivity index (χ1v) is 17.6. The van der Waals surface area contributed by atoms with Gasteiger partial charge in [-0.25, -0.2) is 0 Å². The number of carbonyl (C=O) groups is 2. The Bertz CT molecular complexity index is 1510. The lowest BCUT2D eigenvalue weighted by molar-refractivity contribution is -0.137. The van der Waals surface area contributed by atoms with E-state index < -0.39 is 5.97 Å². The van der Waals surface area contributed by atoms with Crippen molar-refractivity contribution < 1.29 is 19.8 Å². The molecule has 0 atom stereocenters. The smallest absolute Gasteiger partial charge is 0.303 e. The number of terminal acetylenes is 1. The first-order chi connectivity index (χ1) is 24.5. The van der Waals surface area contributed by atoms with Crippen molar-refractivity contribution in [3.05, 3.63) is 99.4 Å². The molecule has 51 heavy (non-hydrogen) atoms. The van der Waals surface area contributed by atoms with Gasteiger partial charge in [-0.3, -0.25) is 19.6 Å². The molecule has 1 aliphatic rings. The number of allylic oxidation sites excluding steroid dienone is 9. The Balaban J connectivity index is -0.00000234. The normalized spacial score (nSPS) is 20.5. The van der Waals surface area contributed by atoms with Gasteiger partial charge in [0.1, 0.15) is 0 Å². The van der Waals surface area contributed by atoms with Crippen molar-refractivity contribution in [3.8, 4) is 12.8 Å². The maximum Gasteiger partial charge on any atom is 0.303 e. The molecule has 0 radical (unpaired) electrons. The molecule has 1 aromatic rings. The molecule has 0 saturated heterocycles. The largest absolute Gasteiger partial charge is 0.483 e. The zero-order valence-electron chi connectivity index (χ0n) is 32.9. The average molecular weight is 701 g/mol. The van der Waals surface area contributed by atoms with Crippen LogP contribution in [0.2, 0.25) is 0 Å². The lowest BCUT2D eigenvalue weighted by Crippen LogP contribution is -2.08. The zero-order valence-corrected chi connectivity index (χ0v) is 32.9. The maximum atomic E-state index is 11.3. The van der Waals surface area contributed by atoms with Gasteiger partial charge in [0.25, 0.3) is 6.47 Å². The Morgan fingerprint density at radius 1 is 1.04 bits per heavy atom. The van der Waals surface area contributed by atoms with Crippen LogP contribution < -0.4 is 5.32 Å². The first-order valence-electron chi connectivity index (χ1n) is 17.6.